The van der Waals surface area contributed by atoms with E-state index >= 15 is 0 Å². The number of carbonyl (C=O) groups excluding carboxylic acids is 1. The van der Waals surface area contributed by atoms with E-state index in [0.29, 0.717) is 19.5 Å². The van der Waals surface area contributed by atoms with Crippen molar-refractivity contribution in [2.24, 2.45) is 5.73 Å². The second kappa shape index (κ2) is 6.70. The summed E-state index contributed by atoms with van der Waals surface area (Å²) < 4.78 is 0.734. The van der Waals surface area contributed by atoms with E-state index in [0.717, 1.165) is 20.3 Å². The minimum absolute atomic E-state index is 0.00887. The smallest absolute Gasteiger partial charge is 0.224 e. The molecule has 1 aromatic heterocycles. The Balaban J connectivity index is 1.90. The van der Waals surface area contributed by atoms with Gasteiger partial charge in [0.05, 0.1) is 17.3 Å². The van der Waals surface area contributed by atoms with Crippen LogP contribution in [-0.2, 0) is 24.3 Å². The third-order valence-corrected chi connectivity index (χ3v) is 4.01. The zero-order valence-electron chi connectivity index (χ0n) is 10.4. The molecule has 0 fully saturated rings. The van der Waals surface area contributed by atoms with Crippen molar-refractivity contribution >= 4 is 28.8 Å². The Morgan fingerprint density at radius 3 is 2.58 bits per heavy atom. The predicted octanol–water partition coefficient (Wildman–Crippen LogP) is 2.72. The molecule has 1 aromatic carbocycles. The molecule has 0 spiro atoms. The Morgan fingerprint density at radius 2 is 1.95 bits per heavy atom. The second-order valence-electron chi connectivity index (χ2n) is 4.13. The van der Waals surface area contributed by atoms with Crippen molar-refractivity contribution in [3.05, 3.63) is 56.7 Å². The fourth-order valence-corrected chi connectivity index (χ4v) is 2.82. The molecule has 0 saturated carbocycles. The summed E-state index contributed by atoms with van der Waals surface area (Å²) in [5.74, 6) is -0.00887. The van der Waals surface area contributed by atoms with Crippen molar-refractivity contribution in [1.29, 1.82) is 0 Å². The Morgan fingerprint density at radius 1 is 1.21 bits per heavy atom. The van der Waals surface area contributed by atoms with E-state index in [1.165, 1.54) is 11.3 Å². The van der Waals surface area contributed by atoms with Gasteiger partial charge in [-0.2, -0.15) is 0 Å². The average molecular weight is 295 g/mol. The van der Waals surface area contributed by atoms with Crippen molar-refractivity contribution in [3.63, 3.8) is 0 Å². The summed E-state index contributed by atoms with van der Waals surface area (Å²) in [7, 11) is 0. The van der Waals surface area contributed by atoms with E-state index in [4.69, 9.17) is 17.3 Å². The topological polar surface area (TPSA) is 55.1 Å². The van der Waals surface area contributed by atoms with Gasteiger partial charge in [0.2, 0.25) is 5.91 Å². The fourth-order valence-electron chi connectivity index (χ4n) is 1.80. The maximum atomic E-state index is 11.9. The predicted molar refractivity (Wildman–Crippen MR) is 79.2 cm³/mol. The molecule has 0 unspecified atom stereocenters. The SMILES string of the molecule is NCc1ccccc1CC(=O)NCc1ccc(Cl)s1. The first-order chi connectivity index (χ1) is 9.19. The van der Waals surface area contributed by atoms with Crippen LogP contribution < -0.4 is 11.1 Å². The molecule has 3 nitrogen and oxygen atoms in total. The third-order valence-electron chi connectivity index (χ3n) is 2.78. The van der Waals surface area contributed by atoms with Crippen molar-refractivity contribution in [2.45, 2.75) is 19.5 Å². The van der Waals surface area contributed by atoms with Gasteiger partial charge < -0.3 is 11.1 Å². The molecule has 100 valence electrons. The largest absolute Gasteiger partial charge is 0.351 e. The van der Waals surface area contributed by atoms with Gasteiger partial charge in [-0.05, 0) is 23.3 Å². The molecule has 0 aliphatic rings. The van der Waals surface area contributed by atoms with Crippen LogP contribution in [0.25, 0.3) is 0 Å². The average Bonchev–Trinajstić information content (AvgIpc) is 2.83. The van der Waals surface area contributed by atoms with E-state index in [-0.39, 0.29) is 5.91 Å². The molecule has 0 saturated heterocycles. The highest BCUT2D eigenvalue weighted by Gasteiger charge is 2.07. The number of thiophene rings is 1. The highest BCUT2D eigenvalue weighted by molar-refractivity contribution is 7.16. The first-order valence-corrected chi connectivity index (χ1v) is 7.16. The first-order valence-electron chi connectivity index (χ1n) is 5.97. The minimum atomic E-state index is -0.00887. The summed E-state index contributed by atoms with van der Waals surface area (Å²) in [5.41, 5.74) is 7.64. The molecule has 0 atom stereocenters. The number of hydrogen-bond acceptors (Lipinski definition) is 3. The maximum Gasteiger partial charge on any atom is 0.224 e. The molecule has 5 heteroatoms. The zero-order chi connectivity index (χ0) is 13.7. The number of rotatable bonds is 5. The number of hydrogen-bond donors (Lipinski definition) is 2. The molecule has 0 bridgehead atoms. The molecular weight excluding hydrogens is 280 g/mol. The molecule has 19 heavy (non-hydrogen) atoms. The van der Waals surface area contributed by atoms with Crippen LogP contribution in [0.5, 0.6) is 0 Å². The lowest BCUT2D eigenvalue weighted by Gasteiger charge is -2.07. The van der Waals surface area contributed by atoms with Crippen LogP contribution in [0.2, 0.25) is 4.34 Å². The van der Waals surface area contributed by atoms with Crippen molar-refractivity contribution in [1.82, 2.24) is 5.32 Å². The molecular formula is C14H15ClN2OS. The van der Waals surface area contributed by atoms with Crippen LogP contribution in [0.3, 0.4) is 0 Å². The fraction of sp³-hybridized carbons (Fsp3) is 0.214. The molecule has 1 amide bonds. The molecule has 2 rings (SSSR count). The quantitative estimate of drug-likeness (QED) is 0.891. The van der Waals surface area contributed by atoms with Crippen LogP contribution in [0.1, 0.15) is 16.0 Å². The summed E-state index contributed by atoms with van der Waals surface area (Å²) in [6.45, 7) is 0.963. The normalized spacial score (nSPS) is 10.4. The second-order valence-corrected chi connectivity index (χ2v) is 5.93. The van der Waals surface area contributed by atoms with Crippen LogP contribution in [-0.4, -0.2) is 5.91 Å². The first kappa shape index (κ1) is 14.1. The molecule has 1 heterocycles. The lowest BCUT2D eigenvalue weighted by molar-refractivity contribution is -0.120. The Kier molecular flexibility index (Phi) is 4.96. The van der Waals surface area contributed by atoms with Crippen LogP contribution in [0.4, 0.5) is 0 Å². The highest BCUT2D eigenvalue weighted by atomic mass is 35.5. The summed E-state index contributed by atoms with van der Waals surface area (Å²) >= 11 is 7.31. The van der Waals surface area contributed by atoms with Crippen molar-refractivity contribution in [2.75, 3.05) is 0 Å². The highest BCUT2D eigenvalue weighted by Crippen LogP contribution is 2.21. The van der Waals surface area contributed by atoms with Gasteiger partial charge in [-0.25, -0.2) is 0 Å². The van der Waals surface area contributed by atoms with Gasteiger partial charge >= 0.3 is 0 Å². The van der Waals surface area contributed by atoms with Gasteiger partial charge in [0, 0.05) is 11.4 Å². The summed E-state index contributed by atoms with van der Waals surface area (Å²) in [6.07, 6.45) is 0.354. The maximum absolute atomic E-state index is 11.9. The van der Waals surface area contributed by atoms with Gasteiger partial charge in [-0.15, -0.1) is 11.3 Å². The Hall–Kier alpha value is -1.36. The van der Waals surface area contributed by atoms with E-state index < -0.39 is 0 Å². The monoisotopic (exact) mass is 294 g/mol. The van der Waals surface area contributed by atoms with Crippen molar-refractivity contribution < 1.29 is 4.79 Å². The van der Waals surface area contributed by atoms with Crippen LogP contribution in [0, 0.1) is 0 Å². The van der Waals surface area contributed by atoms with Gasteiger partial charge in [0.25, 0.3) is 0 Å². The van der Waals surface area contributed by atoms with E-state index in [1.807, 2.05) is 36.4 Å². The van der Waals surface area contributed by atoms with E-state index in [9.17, 15) is 4.79 Å². The van der Waals surface area contributed by atoms with Gasteiger partial charge in [-0.1, -0.05) is 35.9 Å². The van der Waals surface area contributed by atoms with E-state index in [2.05, 4.69) is 5.32 Å². The minimum Gasteiger partial charge on any atom is -0.351 e. The van der Waals surface area contributed by atoms with Crippen molar-refractivity contribution in [3.8, 4) is 0 Å². The van der Waals surface area contributed by atoms with Gasteiger partial charge in [-0.3, -0.25) is 4.79 Å². The number of carbonyl (C=O) groups is 1. The summed E-state index contributed by atoms with van der Waals surface area (Å²) in [5, 5.41) is 2.88. The molecule has 0 aliphatic carbocycles. The lowest BCUT2D eigenvalue weighted by Crippen LogP contribution is -2.24. The number of benzene rings is 1. The number of nitrogens with one attached hydrogen (secondary N) is 1. The van der Waals surface area contributed by atoms with Crippen LogP contribution >= 0.6 is 22.9 Å². The molecule has 0 radical (unpaired) electrons. The van der Waals surface area contributed by atoms with Gasteiger partial charge in [0.1, 0.15) is 0 Å². The van der Waals surface area contributed by atoms with Crippen LogP contribution in [0.15, 0.2) is 36.4 Å². The number of nitrogens with two attached hydrogens (primary N) is 1. The number of amides is 1. The molecule has 3 N–H and O–H groups in total. The third kappa shape index (κ3) is 4.06. The Labute approximate surface area is 121 Å². The number of halogens is 1. The Bertz CT molecular complexity index is 568. The lowest BCUT2D eigenvalue weighted by atomic mass is 10.0. The molecule has 2 aromatic rings. The van der Waals surface area contributed by atoms with E-state index in [1.54, 1.807) is 0 Å². The zero-order valence-corrected chi connectivity index (χ0v) is 11.9. The molecule has 0 aliphatic heterocycles. The van der Waals surface area contributed by atoms with Gasteiger partial charge in [0.15, 0.2) is 0 Å². The summed E-state index contributed by atoms with van der Waals surface area (Å²) in [6, 6.07) is 11.5. The summed E-state index contributed by atoms with van der Waals surface area (Å²) in [4.78, 5) is 12.9. The standard InChI is InChI=1S/C14H15ClN2OS/c15-13-6-5-12(19-13)9-17-14(18)7-10-3-1-2-4-11(10)8-16/h1-6H,7-9,16H2,(H,17,18).